The normalized spacial score (nSPS) is 13.6. The number of unbranched alkanes of at least 4 members (excludes halogenated alkanes) is 29. The van der Waals surface area contributed by atoms with Gasteiger partial charge < -0.3 is 18.9 Å². The van der Waals surface area contributed by atoms with Gasteiger partial charge in [-0.15, -0.1) is 0 Å². The minimum atomic E-state index is -4.37. The number of phosphoric ester groups is 1. The predicted molar refractivity (Wildman–Crippen MR) is 257 cm³/mol. The van der Waals surface area contributed by atoms with Crippen LogP contribution >= 0.6 is 7.82 Å². The summed E-state index contributed by atoms with van der Waals surface area (Å²) in [4.78, 5) is 35.3. The fourth-order valence-electron chi connectivity index (χ4n) is 7.22. The molecule has 1 N–H and O–H groups in total. The molecule has 0 amide bonds. The third kappa shape index (κ3) is 47.8. The molecule has 61 heavy (non-hydrogen) atoms. The number of phosphoric acid groups is 1. The van der Waals surface area contributed by atoms with Crippen molar-refractivity contribution in [1.82, 2.24) is 0 Å². The number of likely N-dealkylation sites (N-methyl/N-ethyl adjacent to an activating group) is 1. The van der Waals surface area contributed by atoms with E-state index in [2.05, 4.69) is 38.2 Å². The highest BCUT2D eigenvalue weighted by molar-refractivity contribution is 7.47. The number of hydrogen-bond donors (Lipinski definition) is 1. The number of carbonyl (C=O) groups is 2. The van der Waals surface area contributed by atoms with Crippen LogP contribution in [0.2, 0.25) is 0 Å². The van der Waals surface area contributed by atoms with Crippen LogP contribution in [0, 0.1) is 0 Å². The number of quaternary nitrogens is 1. The number of carbonyl (C=O) groups excluding carboxylic acids is 2. The van der Waals surface area contributed by atoms with Gasteiger partial charge >= 0.3 is 19.8 Å². The van der Waals surface area contributed by atoms with Crippen molar-refractivity contribution in [3.63, 3.8) is 0 Å². The van der Waals surface area contributed by atoms with Crippen molar-refractivity contribution in [3.05, 3.63) is 24.3 Å². The van der Waals surface area contributed by atoms with Crippen LogP contribution in [-0.2, 0) is 32.7 Å². The molecule has 0 spiro atoms. The molecule has 0 aromatic heterocycles. The largest absolute Gasteiger partial charge is 0.472 e. The van der Waals surface area contributed by atoms with Gasteiger partial charge in [-0.05, 0) is 44.9 Å². The highest BCUT2D eigenvalue weighted by Crippen LogP contribution is 2.43. The lowest BCUT2D eigenvalue weighted by Crippen LogP contribution is -2.37. The average Bonchev–Trinajstić information content (AvgIpc) is 3.21. The SMILES string of the molecule is CCCCCCC/C=C\C/C=C\CCCCCCCCCCCCCCCCCCCC(=O)OC(COC(=O)CCCCCCCCCC)COP(=O)(O)OCC[N+](C)(C)C. The van der Waals surface area contributed by atoms with Crippen LogP contribution in [-0.4, -0.2) is 74.9 Å². The molecule has 10 heteroatoms. The summed E-state index contributed by atoms with van der Waals surface area (Å²) >= 11 is 0. The van der Waals surface area contributed by atoms with Crippen molar-refractivity contribution in [2.24, 2.45) is 0 Å². The summed E-state index contributed by atoms with van der Waals surface area (Å²) in [5.41, 5.74) is 0. The van der Waals surface area contributed by atoms with Crippen molar-refractivity contribution in [1.29, 1.82) is 0 Å². The van der Waals surface area contributed by atoms with Crippen LogP contribution < -0.4 is 0 Å². The molecule has 2 atom stereocenters. The quantitative estimate of drug-likeness (QED) is 0.0212. The van der Waals surface area contributed by atoms with Crippen LogP contribution in [0.1, 0.15) is 239 Å². The van der Waals surface area contributed by atoms with Crippen molar-refractivity contribution >= 4 is 19.8 Å². The molecular formula is C51H99NO8P+. The Morgan fingerprint density at radius 2 is 0.885 bits per heavy atom. The zero-order valence-corrected chi connectivity index (χ0v) is 41.6. The monoisotopic (exact) mass is 885 g/mol. The van der Waals surface area contributed by atoms with Gasteiger partial charge in [0.05, 0.1) is 27.7 Å². The summed E-state index contributed by atoms with van der Waals surface area (Å²) in [7, 11) is 1.49. The molecule has 0 saturated heterocycles. The van der Waals surface area contributed by atoms with Crippen LogP contribution in [0.3, 0.4) is 0 Å². The highest BCUT2D eigenvalue weighted by atomic mass is 31.2. The standard InChI is InChI=1S/C51H98NO8P/c1-6-8-10-12-14-16-17-18-19-20-21-22-23-24-25-26-27-28-29-30-31-32-33-34-35-36-38-40-42-44-51(54)60-49(48-59-61(55,56)58-46-45-52(3,4)5)47-57-50(53)43-41-39-37-15-13-11-9-7-2/h17-18,20-21,49H,6-16,19,22-48H2,1-5H3/p+1/b18-17-,21-20-. The minimum absolute atomic E-state index is 0.0345. The number of allylic oxidation sites excluding steroid dienone is 4. The maximum absolute atomic E-state index is 12.7. The minimum Gasteiger partial charge on any atom is -0.462 e. The fraction of sp³-hybridized carbons (Fsp3) is 0.882. The zero-order valence-electron chi connectivity index (χ0n) is 40.7. The Bertz CT molecular complexity index is 1090. The average molecular weight is 885 g/mol. The zero-order chi connectivity index (χ0) is 45.0. The Kier molecular flexibility index (Phi) is 42.6. The molecule has 360 valence electrons. The van der Waals surface area contributed by atoms with E-state index in [1.54, 1.807) is 0 Å². The summed E-state index contributed by atoms with van der Waals surface area (Å²) in [6, 6.07) is 0. The maximum atomic E-state index is 12.7. The third-order valence-corrected chi connectivity index (χ3v) is 12.2. The first-order chi connectivity index (χ1) is 29.5. The Hall–Kier alpha value is -1.51. The molecule has 0 bridgehead atoms. The summed E-state index contributed by atoms with van der Waals surface area (Å²) in [5.74, 6) is -0.793. The predicted octanol–water partition coefficient (Wildman–Crippen LogP) is 15.1. The van der Waals surface area contributed by atoms with Crippen LogP contribution in [0.5, 0.6) is 0 Å². The van der Waals surface area contributed by atoms with E-state index in [0.29, 0.717) is 23.9 Å². The molecule has 0 heterocycles. The molecule has 0 radical (unpaired) electrons. The van der Waals surface area contributed by atoms with E-state index in [9.17, 15) is 19.0 Å². The molecule has 0 aromatic rings. The van der Waals surface area contributed by atoms with Crippen molar-refractivity contribution in [3.8, 4) is 0 Å². The number of ether oxygens (including phenoxy) is 2. The third-order valence-electron chi connectivity index (χ3n) is 11.2. The second-order valence-electron chi connectivity index (χ2n) is 18.6. The van der Waals surface area contributed by atoms with Gasteiger partial charge in [0.15, 0.2) is 6.10 Å². The summed E-state index contributed by atoms with van der Waals surface area (Å²) in [5, 5.41) is 0. The second kappa shape index (κ2) is 43.7. The highest BCUT2D eigenvalue weighted by Gasteiger charge is 2.27. The van der Waals surface area contributed by atoms with Gasteiger partial charge in [0.25, 0.3) is 0 Å². The van der Waals surface area contributed by atoms with Crippen LogP contribution in [0.25, 0.3) is 0 Å². The molecule has 0 saturated carbocycles. The Morgan fingerprint density at radius 3 is 1.30 bits per heavy atom. The number of nitrogens with zero attached hydrogens (tertiary/aromatic N) is 1. The lowest BCUT2D eigenvalue weighted by molar-refractivity contribution is -0.870. The van der Waals surface area contributed by atoms with E-state index in [4.69, 9.17) is 18.5 Å². The first kappa shape index (κ1) is 59.5. The molecule has 0 aliphatic carbocycles. The molecule has 2 unspecified atom stereocenters. The molecule has 0 aliphatic rings. The first-order valence-corrected chi connectivity index (χ1v) is 27.1. The van der Waals surface area contributed by atoms with E-state index < -0.39 is 26.5 Å². The number of rotatable bonds is 47. The van der Waals surface area contributed by atoms with Gasteiger partial charge in [0.1, 0.15) is 19.8 Å². The summed E-state index contributed by atoms with van der Waals surface area (Å²) < 4.78 is 34.3. The van der Waals surface area contributed by atoms with E-state index in [0.717, 1.165) is 38.5 Å². The van der Waals surface area contributed by atoms with Crippen molar-refractivity contribution < 1.29 is 42.1 Å². The van der Waals surface area contributed by atoms with Gasteiger partial charge in [-0.3, -0.25) is 18.6 Å². The smallest absolute Gasteiger partial charge is 0.462 e. The molecule has 0 aromatic carbocycles. The number of hydrogen-bond acceptors (Lipinski definition) is 7. The molecule has 0 aliphatic heterocycles. The van der Waals surface area contributed by atoms with E-state index in [-0.39, 0.29) is 25.6 Å². The topological polar surface area (TPSA) is 108 Å². The van der Waals surface area contributed by atoms with E-state index in [1.165, 1.54) is 167 Å². The van der Waals surface area contributed by atoms with Gasteiger partial charge in [-0.25, -0.2) is 4.57 Å². The Labute approximate surface area is 377 Å². The van der Waals surface area contributed by atoms with E-state index >= 15 is 0 Å². The van der Waals surface area contributed by atoms with Crippen LogP contribution in [0.15, 0.2) is 24.3 Å². The summed E-state index contributed by atoms with van der Waals surface area (Å²) in [6.45, 7) is 4.40. The molecular weight excluding hydrogens is 786 g/mol. The van der Waals surface area contributed by atoms with Gasteiger partial charge in [-0.1, -0.05) is 205 Å². The lowest BCUT2D eigenvalue weighted by atomic mass is 10.0. The number of esters is 2. The van der Waals surface area contributed by atoms with Gasteiger partial charge in [-0.2, -0.15) is 0 Å². The van der Waals surface area contributed by atoms with Gasteiger partial charge in [0.2, 0.25) is 0 Å². The first-order valence-electron chi connectivity index (χ1n) is 25.6. The Morgan fingerprint density at radius 1 is 0.508 bits per heavy atom. The molecule has 0 fully saturated rings. The molecule has 0 rings (SSSR count). The summed E-state index contributed by atoms with van der Waals surface area (Å²) in [6.07, 6.45) is 49.8. The molecule has 9 nitrogen and oxygen atoms in total. The van der Waals surface area contributed by atoms with Crippen molar-refractivity contribution in [2.45, 2.75) is 245 Å². The Balaban J connectivity index is 3.99. The fourth-order valence-corrected chi connectivity index (χ4v) is 7.96. The van der Waals surface area contributed by atoms with Gasteiger partial charge in [0, 0.05) is 12.8 Å². The lowest BCUT2D eigenvalue weighted by Gasteiger charge is -2.24. The van der Waals surface area contributed by atoms with Crippen LogP contribution in [0.4, 0.5) is 0 Å². The maximum Gasteiger partial charge on any atom is 0.472 e. The second-order valence-corrected chi connectivity index (χ2v) is 20.0. The van der Waals surface area contributed by atoms with E-state index in [1.807, 2.05) is 21.1 Å². The van der Waals surface area contributed by atoms with Crippen molar-refractivity contribution in [2.75, 3.05) is 47.5 Å².